The van der Waals surface area contributed by atoms with E-state index in [9.17, 15) is 13.2 Å². The van der Waals surface area contributed by atoms with Gasteiger partial charge in [-0.25, -0.2) is 12.8 Å². The van der Waals surface area contributed by atoms with Crippen molar-refractivity contribution in [3.8, 4) is 22.6 Å². The molecule has 3 aromatic carbocycles. The molecule has 0 radical (unpaired) electrons. The maximum atomic E-state index is 15.1. The van der Waals surface area contributed by atoms with Gasteiger partial charge < -0.3 is 14.6 Å². The number of aryl methyl sites for hydroxylation is 2. The topological polar surface area (TPSA) is 89.9 Å². The highest BCUT2D eigenvalue weighted by atomic mass is 32.2. The Kier molecular flexibility index (Phi) is 6.83. The molecule has 3 aromatic rings. The highest BCUT2D eigenvalue weighted by Crippen LogP contribution is 2.47. The highest BCUT2D eigenvalue weighted by Gasteiger charge is 2.44. The molecule has 2 aliphatic carbocycles. The first-order chi connectivity index (χ1) is 18.8. The minimum Gasteiger partial charge on any atom is -0.490 e. The van der Waals surface area contributed by atoms with Crippen molar-refractivity contribution in [1.29, 1.82) is 0 Å². The largest absolute Gasteiger partial charge is 0.490 e. The van der Waals surface area contributed by atoms with Gasteiger partial charge in [0.1, 0.15) is 30.0 Å². The van der Waals surface area contributed by atoms with Crippen LogP contribution < -0.4 is 9.47 Å². The fourth-order valence-corrected chi connectivity index (χ4v) is 7.25. The molecule has 3 aliphatic rings. The third-order valence-corrected chi connectivity index (χ3v) is 9.86. The van der Waals surface area contributed by atoms with Crippen molar-refractivity contribution in [2.75, 3.05) is 11.5 Å². The fourth-order valence-electron chi connectivity index (χ4n) is 5.80. The number of fused-ring (bicyclic) bond motifs is 3. The van der Waals surface area contributed by atoms with Crippen molar-refractivity contribution in [2.24, 2.45) is 5.92 Å². The van der Waals surface area contributed by atoms with Crippen LogP contribution in [0.15, 0.2) is 54.6 Å². The minimum atomic E-state index is -2.94. The second kappa shape index (κ2) is 10.3. The van der Waals surface area contributed by atoms with Crippen LogP contribution in [0.3, 0.4) is 0 Å². The zero-order valence-corrected chi connectivity index (χ0v) is 22.4. The van der Waals surface area contributed by atoms with Gasteiger partial charge in [0.05, 0.1) is 17.4 Å². The van der Waals surface area contributed by atoms with Crippen molar-refractivity contribution in [3.05, 3.63) is 82.7 Å². The van der Waals surface area contributed by atoms with Crippen LogP contribution in [-0.4, -0.2) is 37.1 Å². The van der Waals surface area contributed by atoms with Gasteiger partial charge in [0, 0.05) is 5.56 Å². The van der Waals surface area contributed by atoms with Crippen LogP contribution in [0.2, 0.25) is 0 Å². The standard InChI is InChI=1S/C31H31FO6S/c32-30-16-21-3-1-2-20-14-25(38-24-10-12-39(35,36)13-11-24)8-9-26(20)27(21)15-22(30)18-37-23-6-4-19(5-7-23)28-17-29(28)31(33)34/h4-9,14-16,24,28-29H,1-3,10-13,17-18H2,(H,33,34)/t28?,29-/m0/s1. The van der Waals surface area contributed by atoms with Crippen molar-refractivity contribution >= 4 is 15.8 Å². The third-order valence-electron chi connectivity index (χ3n) is 8.15. The summed E-state index contributed by atoms with van der Waals surface area (Å²) in [7, 11) is -2.94. The maximum absolute atomic E-state index is 15.1. The van der Waals surface area contributed by atoms with Gasteiger partial charge in [-0.3, -0.25) is 4.79 Å². The number of rotatable bonds is 7. The lowest BCUT2D eigenvalue weighted by Gasteiger charge is -2.24. The number of hydrogen-bond donors (Lipinski definition) is 1. The molecule has 204 valence electrons. The molecule has 0 amide bonds. The minimum absolute atomic E-state index is 0.0587. The van der Waals surface area contributed by atoms with Crippen molar-refractivity contribution in [2.45, 2.75) is 57.2 Å². The Morgan fingerprint density at radius 2 is 1.62 bits per heavy atom. The number of carboxylic acid groups (broad SMARTS) is 1. The number of hydrogen-bond acceptors (Lipinski definition) is 5. The molecule has 8 heteroatoms. The molecule has 1 unspecified atom stereocenters. The lowest BCUT2D eigenvalue weighted by atomic mass is 9.94. The number of sulfone groups is 1. The Morgan fingerprint density at radius 3 is 2.31 bits per heavy atom. The van der Waals surface area contributed by atoms with Crippen molar-refractivity contribution in [1.82, 2.24) is 0 Å². The first-order valence-electron chi connectivity index (χ1n) is 13.5. The molecule has 6 nitrogen and oxygen atoms in total. The van der Waals surface area contributed by atoms with Gasteiger partial charge in [-0.05, 0) is 109 Å². The SMILES string of the molecule is O=C(O)[C@H]1CC1c1ccc(OCc2cc3c(cc2F)CCCc2cc(OC4CCS(=O)(=O)CC4)ccc2-3)cc1. The molecule has 2 atom stereocenters. The van der Waals surface area contributed by atoms with Gasteiger partial charge in [-0.15, -0.1) is 0 Å². The number of ether oxygens (including phenoxy) is 2. The summed E-state index contributed by atoms with van der Waals surface area (Å²) in [6, 6.07) is 16.9. The lowest BCUT2D eigenvalue weighted by Crippen LogP contribution is -2.30. The number of aliphatic carboxylic acids is 1. The summed E-state index contributed by atoms with van der Waals surface area (Å²) in [5, 5.41) is 9.15. The number of halogens is 1. The molecule has 0 bridgehead atoms. The smallest absolute Gasteiger partial charge is 0.307 e. The molecule has 1 N–H and O–H groups in total. The van der Waals surface area contributed by atoms with Crippen LogP contribution in [0.4, 0.5) is 4.39 Å². The predicted molar refractivity (Wildman–Crippen MR) is 145 cm³/mol. The fraction of sp³-hybridized carbons (Fsp3) is 0.387. The van der Waals surface area contributed by atoms with Gasteiger partial charge >= 0.3 is 5.97 Å². The number of carbonyl (C=O) groups is 1. The predicted octanol–water partition coefficient (Wildman–Crippen LogP) is 5.70. The van der Waals surface area contributed by atoms with E-state index in [1.165, 1.54) is 0 Å². The molecule has 1 saturated heterocycles. The summed E-state index contributed by atoms with van der Waals surface area (Å²) >= 11 is 0. The van der Waals surface area contributed by atoms with E-state index in [1.54, 1.807) is 6.07 Å². The molecular formula is C31H31FO6S. The van der Waals surface area contributed by atoms with Crippen LogP contribution in [0.1, 0.15) is 53.9 Å². The zero-order chi connectivity index (χ0) is 27.1. The molecule has 2 fully saturated rings. The van der Waals surface area contributed by atoms with E-state index in [2.05, 4.69) is 0 Å². The summed E-state index contributed by atoms with van der Waals surface area (Å²) in [5.74, 6) is 0.402. The van der Waals surface area contributed by atoms with E-state index in [0.29, 0.717) is 30.6 Å². The maximum Gasteiger partial charge on any atom is 0.307 e. The van der Waals surface area contributed by atoms with Crippen molar-refractivity contribution in [3.63, 3.8) is 0 Å². The third kappa shape index (κ3) is 5.66. The second-order valence-corrected chi connectivity index (χ2v) is 13.2. The van der Waals surface area contributed by atoms with E-state index in [-0.39, 0.29) is 41.9 Å². The summed E-state index contributed by atoms with van der Waals surface area (Å²) in [6.45, 7) is 0.0841. The van der Waals surface area contributed by atoms with Gasteiger partial charge in [-0.1, -0.05) is 18.2 Å². The molecule has 1 saturated carbocycles. The second-order valence-electron chi connectivity index (χ2n) is 10.9. The first-order valence-corrected chi connectivity index (χ1v) is 15.3. The van der Waals surface area contributed by atoms with Crippen LogP contribution >= 0.6 is 0 Å². The van der Waals surface area contributed by atoms with Gasteiger partial charge in [-0.2, -0.15) is 0 Å². The molecule has 1 aliphatic heterocycles. The van der Waals surface area contributed by atoms with Gasteiger partial charge in [0.25, 0.3) is 0 Å². The zero-order valence-electron chi connectivity index (χ0n) is 21.6. The molecule has 1 heterocycles. The van der Waals surface area contributed by atoms with Crippen molar-refractivity contribution < 1.29 is 32.2 Å². The first kappa shape index (κ1) is 25.9. The van der Waals surface area contributed by atoms with Crippen LogP contribution in [0.25, 0.3) is 11.1 Å². The van der Waals surface area contributed by atoms with Crippen LogP contribution in [-0.2, 0) is 34.1 Å². The molecule has 6 rings (SSSR count). The Hall–Kier alpha value is -3.39. The number of benzene rings is 3. The Bertz CT molecular complexity index is 1500. The van der Waals surface area contributed by atoms with Crippen LogP contribution in [0, 0.1) is 11.7 Å². The Morgan fingerprint density at radius 1 is 0.923 bits per heavy atom. The van der Waals surface area contributed by atoms with E-state index in [4.69, 9.17) is 14.6 Å². The highest BCUT2D eigenvalue weighted by molar-refractivity contribution is 7.91. The van der Waals surface area contributed by atoms with Gasteiger partial charge in [0.15, 0.2) is 9.84 Å². The van der Waals surface area contributed by atoms with Crippen LogP contribution in [0.5, 0.6) is 11.5 Å². The summed E-state index contributed by atoms with van der Waals surface area (Å²) in [4.78, 5) is 11.1. The summed E-state index contributed by atoms with van der Waals surface area (Å²) < 4.78 is 50.6. The average molecular weight is 551 g/mol. The lowest BCUT2D eigenvalue weighted by molar-refractivity contribution is -0.138. The monoisotopic (exact) mass is 550 g/mol. The van der Waals surface area contributed by atoms with E-state index in [1.807, 2.05) is 48.5 Å². The Balaban J connectivity index is 1.17. The van der Waals surface area contributed by atoms with Gasteiger partial charge in [0.2, 0.25) is 0 Å². The average Bonchev–Trinajstić information content (AvgIpc) is 3.73. The Labute approximate surface area is 227 Å². The molecule has 39 heavy (non-hydrogen) atoms. The number of carboxylic acids is 1. The van der Waals surface area contributed by atoms with E-state index >= 15 is 4.39 Å². The summed E-state index contributed by atoms with van der Waals surface area (Å²) in [6.07, 6.45) is 4.11. The summed E-state index contributed by atoms with van der Waals surface area (Å²) in [5.41, 5.74) is 5.64. The molecule has 0 spiro atoms. The normalized spacial score (nSPS) is 21.8. The molecular weight excluding hydrogens is 519 g/mol. The van der Waals surface area contributed by atoms with E-state index in [0.717, 1.165) is 52.8 Å². The molecule has 0 aromatic heterocycles. The quantitative estimate of drug-likeness (QED) is 0.406. The van der Waals surface area contributed by atoms with E-state index < -0.39 is 15.8 Å².